The molecule has 0 saturated heterocycles. The summed E-state index contributed by atoms with van der Waals surface area (Å²) in [5, 5.41) is 4.18. The molecule has 3 rings (SSSR count). The number of hydrogen-bond donors (Lipinski definition) is 2. The van der Waals surface area contributed by atoms with E-state index in [0.717, 1.165) is 12.1 Å². The number of carbonyl (C=O) groups excluding carboxylic acids is 1. The lowest BCUT2D eigenvalue weighted by Gasteiger charge is -2.11. The smallest absolute Gasteiger partial charge is 0.365 e. The van der Waals surface area contributed by atoms with Gasteiger partial charge in [0, 0.05) is 10.8 Å². The van der Waals surface area contributed by atoms with Crippen LogP contribution >= 0.6 is 8.25 Å². The van der Waals surface area contributed by atoms with Gasteiger partial charge >= 0.3 is 14.4 Å². The van der Waals surface area contributed by atoms with Crippen molar-refractivity contribution < 1.29 is 36.3 Å². The molecule has 0 saturated carbocycles. The van der Waals surface area contributed by atoms with Crippen LogP contribution < -0.4 is 5.73 Å². The van der Waals surface area contributed by atoms with Crippen molar-refractivity contribution in [3.8, 4) is 5.82 Å². The van der Waals surface area contributed by atoms with Gasteiger partial charge in [0.25, 0.3) is 5.91 Å². The lowest BCUT2D eigenvalue weighted by molar-refractivity contribution is -0.137. The molecule has 0 aliphatic rings. The van der Waals surface area contributed by atoms with E-state index in [1.165, 1.54) is 29.9 Å². The summed E-state index contributed by atoms with van der Waals surface area (Å²) in [4.78, 5) is 24.9. The predicted molar refractivity (Wildman–Crippen MR) is 103 cm³/mol. The normalized spacial score (nSPS) is 12.1. The highest BCUT2D eigenvalue weighted by atomic mass is 31.1. The lowest BCUT2D eigenvalue weighted by Crippen LogP contribution is -2.15. The first-order valence-corrected chi connectivity index (χ1v) is 10.1. The minimum Gasteiger partial charge on any atom is -0.365 e. The maximum atomic E-state index is 13.7. The fourth-order valence-corrected chi connectivity index (χ4v) is 3.41. The molecule has 3 N–H and O–H groups in total. The largest absolute Gasteiger partial charge is 0.695 e. The summed E-state index contributed by atoms with van der Waals surface area (Å²) in [5.41, 5.74) is 5.11. The Kier molecular flexibility index (Phi) is 6.68. The van der Waals surface area contributed by atoms with Crippen molar-refractivity contribution in [3.63, 3.8) is 0 Å². The van der Waals surface area contributed by atoms with Crippen LogP contribution in [0.1, 0.15) is 38.4 Å². The third-order valence-electron chi connectivity index (χ3n) is 4.43. The first kappa shape index (κ1) is 23.5. The molecule has 2 heterocycles. The van der Waals surface area contributed by atoms with Crippen molar-refractivity contribution in [2.45, 2.75) is 26.1 Å². The molecule has 2 aromatic heterocycles. The van der Waals surface area contributed by atoms with Gasteiger partial charge in [0.05, 0.1) is 22.5 Å². The number of benzene rings is 1. The number of rotatable bonds is 7. The molecule has 0 aliphatic carbocycles. The van der Waals surface area contributed by atoms with E-state index in [1.54, 1.807) is 0 Å². The van der Waals surface area contributed by atoms with Crippen LogP contribution in [0.2, 0.25) is 0 Å². The number of nitrogens with zero attached hydrogens (tertiary/aromatic N) is 3. The van der Waals surface area contributed by atoms with Crippen molar-refractivity contribution in [1.82, 2.24) is 14.8 Å². The van der Waals surface area contributed by atoms with E-state index in [0.29, 0.717) is 11.6 Å². The van der Waals surface area contributed by atoms with Gasteiger partial charge in [0.2, 0.25) is 0 Å². The molecule has 3 aromatic rings. The second kappa shape index (κ2) is 9.11. The van der Waals surface area contributed by atoms with Crippen molar-refractivity contribution in [2.24, 2.45) is 5.73 Å². The second-order valence-electron chi connectivity index (χ2n) is 6.74. The molecule has 1 amide bonds. The Balaban J connectivity index is 2.00. The molecule has 0 fully saturated rings. The first-order chi connectivity index (χ1) is 15.0. The third-order valence-corrected chi connectivity index (χ3v) is 4.78. The molecule has 0 aliphatic heterocycles. The zero-order valence-electron chi connectivity index (χ0n) is 16.4. The number of halogens is 4. The van der Waals surface area contributed by atoms with E-state index < -0.39 is 38.3 Å². The Labute approximate surface area is 179 Å². The van der Waals surface area contributed by atoms with Gasteiger partial charge < -0.3 is 5.73 Å². The van der Waals surface area contributed by atoms with Crippen LogP contribution in [0.5, 0.6) is 0 Å². The molecule has 168 valence electrons. The first-order valence-electron chi connectivity index (χ1n) is 8.95. The predicted octanol–water partition coefficient (Wildman–Crippen LogP) is 3.59. The number of carbonyl (C=O) groups is 1. The van der Waals surface area contributed by atoms with Crippen LogP contribution in [0.3, 0.4) is 0 Å². The summed E-state index contributed by atoms with van der Waals surface area (Å²) in [6.07, 6.45) is -3.39. The molecule has 0 spiro atoms. The third kappa shape index (κ3) is 5.34. The average Bonchev–Trinajstić information content (AvgIpc) is 3.02. The quantitative estimate of drug-likeness (QED) is 0.402. The Bertz CT molecular complexity index is 1200. The fraction of sp³-hybridized carbons (Fsp3) is 0.211. The number of pyridine rings is 1. The number of primary amides is 1. The van der Waals surface area contributed by atoms with Crippen molar-refractivity contribution >= 4 is 14.2 Å². The summed E-state index contributed by atoms with van der Waals surface area (Å²) >= 11 is 0. The van der Waals surface area contributed by atoms with Crippen LogP contribution in [0.25, 0.3) is 5.82 Å². The van der Waals surface area contributed by atoms with E-state index in [2.05, 4.69) is 10.1 Å². The van der Waals surface area contributed by atoms with Crippen molar-refractivity contribution in [1.29, 1.82) is 0 Å². The molecule has 8 nitrogen and oxygen atoms in total. The molecular weight excluding hydrogens is 455 g/mol. The van der Waals surface area contributed by atoms with Gasteiger partial charge in [-0.3, -0.25) is 4.79 Å². The van der Waals surface area contributed by atoms with E-state index in [9.17, 15) is 26.9 Å². The molecule has 13 heteroatoms. The van der Waals surface area contributed by atoms with E-state index >= 15 is 0 Å². The molecule has 0 radical (unpaired) electrons. The van der Waals surface area contributed by atoms with Gasteiger partial charge in [-0.05, 0) is 54.8 Å². The maximum absolute atomic E-state index is 13.7. The summed E-state index contributed by atoms with van der Waals surface area (Å²) in [7, 11) is -2.97. The minimum atomic E-state index is -4.69. The number of nitrogens with two attached hydrogens (primary N) is 1. The Hall–Kier alpha value is -3.21. The molecule has 1 atom stereocenters. The molecule has 1 aromatic carbocycles. The number of amides is 1. The van der Waals surface area contributed by atoms with Crippen LogP contribution in [0, 0.1) is 12.7 Å². The van der Waals surface area contributed by atoms with Gasteiger partial charge in [0.15, 0.2) is 5.82 Å². The van der Waals surface area contributed by atoms with Crippen LogP contribution in [-0.2, 0) is 28.3 Å². The van der Waals surface area contributed by atoms with Crippen LogP contribution in [0.4, 0.5) is 17.6 Å². The number of alkyl halides is 3. The molecule has 0 bridgehead atoms. The Morgan fingerprint density at radius 2 is 1.97 bits per heavy atom. The maximum Gasteiger partial charge on any atom is 0.695 e. The lowest BCUT2D eigenvalue weighted by atomic mass is 10.0. The monoisotopic (exact) mass is 471 g/mol. The van der Waals surface area contributed by atoms with Gasteiger partial charge in [-0.15, -0.1) is 9.42 Å². The van der Waals surface area contributed by atoms with E-state index in [-0.39, 0.29) is 34.8 Å². The van der Waals surface area contributed by atoms with Gasteiger partial charge in [-0.2, -0.15) is 18.3 Å². The van der Waals surface area contributed by atoms with Gasteiger partial charge in [0.1, 0.15) is 12.4 Å². The van der Waals surface area contributed by atoms with Crippen LogP contribution in [-0.4, -0.2) is 25.6 Å². The zero-order chi connectivity index (χ0) is 23.6. The van der Waals surface area contributed by atoms with Crippen molar-refractivity contribution in [3.05, 3.63) is 76.0 Å². The zero-order valence-corrected chi connectivity index (χ0v) is 17.3. The highest BCUT2D eigenvalue weighted by molar-refractivity contribution is 7.32. The minimum absolute atomic E-state index is 0.0194. The fourth-order valence-electron chi connectivity index (χ4n) is 3.17. The summed E-state index contributed by atoms with van der Waals surface area (Å²) in [5.74, 6) is -1.70. The molecule has 32 heavy (non-hydrogen) atoms. The summed E-state index contributed by atoms with van der Waals surface area (Å²) in [6.45, 7) is 1.02. The highest BCUT2D eigenvalue weighted by Crippen LogP contribution is 2.31. The topological polar surface area (TPSA) is 120 Å². The average molecular weight is 471 g/mol. The summed E-state index contributed by atoms with van der Waals surface area (Å²) < 4.78 is 69.5. The highest BCUT2D eigenvalue weighted by Gasteiger charge is 2.31. The van der Waals surface area contributed by atoms with Gasteiger partial charge in [-0.25, -0.2) is 14.1 Å². The Morgan fingerprint density at radius 3 is 2.59 bits per heavy atom. The van der Waals surface area contributed by atoms with E-state index in [1.807, 2.05) is 0 Å². The standard InChI is InChI=1S/C19H15F4N4O4P/c1-10-17(18(24)28)15(9-31-32(29)30)27(26-10)16-7-11(2-3-25-16)4-12-5-13(19(21,22)23)8-14(20)6-12/h2-3,5-8H,4,9H2,1H3,(H2-,24,28,29,30)/p+1. The molecular formula is C19H16F4N4O4P+. The van der Waals surface area contributed by atoms with Crippen LogP contribution in [0.15, 0.2) is 36.5 Å². The number of aryl methyl sites for hydroxylation is 1. The number of hydrogen-bond acceptors (Lipinski definition) is 5. The molecule has 1 unspecified atom stereocenters. The van der Waals surface area contributed by atoms with Gasteiger partial charge in [-0.1, -0.05) is 0 Å². The Morgan fingerprint density at radius 1 is 1.25 bits per heavy atom. The van der Waals surface area contributed by atoms with E-state index in [4.69, 9.17) is 15.2 Å². The van der Waals surface area contributed by atoms with Crippen molar-refractivity contribution in [2.75, 3.05) is 0 Å². The number of aromatic nitrogens is 3. The summed E-state index contributed by atoms with van der Waals surface area (Å²) in [6, 6.07) is 5.25. The second-order valence-corrected chi connectivity index (χ2v) is 7.47. The SMILES string of the molecule is Cc1nn(-c2cc(Cc3cc(F)cc(C(F)(F)F)c3)ccn2)c(CO[P+](=O)O)c1C(N)=O.